The fraction of sp³-hybridized carbons (Fsp3) is 0.310. The van der Waals surface area contributed by atoms with Gasteiger partial charge in [0.2, 0.25) is 5.69 Å². The van der Waals surface area contributed by atoms with Crippen molar-refractivity contribution in [2.24, 2.45) is 0 Å². The highest BCUT2D eigenvalue weighted by molar-refractivity contribution is 7.94. The zero-order chi connectivity index (χ0) is 37.5. The maximum absolute atomic E-state index is 11.8. The van der Waals surface area contributed by atoms with E-state index in [4.69, 9.17) is 11.6 Å². The van der Waals surface area contributed by atoms with Crippen LogP contribution in [0.3, 0.4) is 0 Å². The van der Waals surface area contributed by atoms with Crippen LogP contribution in [0.15, 0.2) is 119 Å². The fourth-order valence-corrected chi connectivity index (χ4v) is 9.59. The SMILES string of the molecule is CC1(C)C(/C=C/C2=C(Cl)C(=C/C=C3/N(CCSOO[O-])c4ccc5ccccc5c4C3(C)C)/CCC2)=[N+](CCS(=O)(=O)[O-])c2ccc3ccccc3c21. The lowest BCUT2D eigenvalue weighted by atomic mass is 9.78. The summed E-state index contributed by atoms with van der Waals surface area (Å²) >= 11 is 8.20. The molecule has 0 aromatic heterocycles. The molecule has 8 nitrogen and oxygen atoms in total. The van der Waals surface area contributed by atoms with Gasteiger partial charge in [-0.05, 0) is 89.6 Å². The molecule has 7 rings (SSSR count). The van der Waals surface area contributed by atoms with Crippen LogP contribution < -0.4 is 10.2 Å². The zero-order valence-electron chi connectivity index (χ0n) is 30.2. The number of fused-ring (bicyclic) bond motifs is 6. The van der Waals surface area contributed by atoms with E-state index in [1.807, 2.05) is 28.8 Å². The van der Waals surface area contributed by atoms with Gasteiger partial charge in [0.1, 0.15) is 10.1 Å². The molecule has 0 bridgehead atoms. The van der Waals surface area contributed by atoms with E-state index in [-0.39, 0.29) is 12.0 Å². The van der Waals surface area contributed by atoms with Gasteiger partial charge in [-0.25, -0.2) is 8.42 Å². The summed E-state index contributed by atoms with van der Waals surface area (Å²) in [6, 6.07) is 25.0. The van der Waals surface area contributed by atoms with E-state index < -0.39 is 21.3 Å². The molecular formula is C42H42ClN2O6S2-. The summed E-state index contributed by atoms with van der Waals surface area (Å²) in [5.41, 5.74) is 7.67. The number of anilines is 1. The standard InChI is InChI=1S/C42H43ClN2O6S2/c1-41(2)36(44(24-26-52-51-50-46)34-20-16-28-10-5-7-14-32(28)38(34)41)22-18-30-12-9-13-31(40(30)43)19-23-37-42(3,4)39-33-15-8-6-11-29(33)17-21-35(39)45(37)25-27-53(47,48)49/h5-8,10-11,14-23H,9,12-13,24-27H2,1-4H3,(H-,46,47,48,49)/p-1. The number of rotatable bonds is 11. The monoisotopic (exact) mass is 769 g/mol. The first-order chi connectivity index (χ1) is 25.3. The molecule has 0 amide bonds. The summed E-state index contributed by atoms with van der Waals surface area (Å²) in [6.07, 6.45) is 11.0. The Morgan fingerprint density at radius 3 is 2.26 bits per heavy atom. The predicted octanol–water partition coefficient (Wildman–Crippen LogP) is 8.63. The summed E-state index contributed by atoms with van der Waals surface area (Å²) in [5.74, 6) is 0.0174. The number of nitrogens with zero attached hydrogens (tertiary/aromatic N) is 2. The van der Waals surface area contributed by atoms with Crippen molar-refractivity contribution in [1.82, 2.24) is 0 Å². The molecule has 2 aliphatic heterocycles. The first-order valence-electron chi connectivity index (χ1n) is 17.8. The van der Waals surface area contributed by atoms with Crippen LogP contribution in [-0.4, -0.2) is 47.9 Å². The lowest BCUT2D eigenvalue weighted by Gasteiger charge is -2.27. The van der Waals surface area contributed by atoms with Crippen molar-refractivity contribution < 1.29 is 32.2 Å². The maximum atomic E-state index is 11.8. The maximum Gasteiger partial charge on any atom is 0.210 e. The third kappa shape index (κ3) is 7.14. The van der Waals surface area contributed by atoms with Gasteiger partial charge < -0.3 is 14.7 Å². The minimum absolute atomic E-state index is 0.0598. The third-order valence-electron chi connectivity index (χ3n) is 10.9. The van der Waals surface area contributed by atoms with Crippen LogP contribution >= 0.6 is 23.6 Å². The highest BCUT2D eigenvalue weighted by Gasteiger charge is 2.46. The van der Waals surface area contributed by atoms with Gasteiger partial charge in [0.15, 0.2) is 12.3 Å². The first-order valence-corrected chi connectivity index (χ1v) is 20.7. The predicted molar refractivity (Wildman–Crippen MR) is 212 cm³/mol. The molecule has 53 heavy (non-hydrogen) atoms. The van der Waals surface area contributed by atoms with Crippen LogP contribution in [0.2, 0.25) is 0 Å². The van der Waals surface area contributed by atoms with Crippen LogP contribution in [0.4, 0.5) is 11.4 Å². The van der Waals surface area contributed by atoms with E-state index in [1.54, 1.807) is 0 Å². The van der Waals surface area contributed by atoms with Crippen molar-refractivity contribution in [3.8, 4) is 0 Å². The minimum Gasteiger partial charge on any atom is -0.748 e. The quantitative estimate of drug-likeness (QED) is 0.0373. The molecule has 0 N–H and O–H groups in total. The molecule has 2 heterocycles. The van der Waals surface area contributed by atoms with Crippen molar-refractivity contribution in [2.45, 2.75) is 57.8 Å². The topological polar surface area (TPSA) is 105 Å². The molecule has 0 fully saturated rings. The van der Waals surface area contributed by atoms with Gasteiger partial charge in [-0.15, -0.1) is 0 Å². The van der Waals surface area contributed by atoms with Crippen molar-refractivity contribution in [3.63, 3.8) is 0 Å². The third-order valence-corrected chi connectivity index (χ3v) is 12.6. The average Bonchev–Trinajstić information content (AvgIpc) is 3.49. The largest absolute Gasteiger partial charge is 0.748 e. The molecular weight excluding hydrogens is 728 g/mol. The summed E-state index contributed by atoms with van der Waals surface area (Å²) in [5, 5.41) is 19.4. The molecule has 0 spiro atoms. The molecule has 276 valence electrons. The summed E-state index contributed by atoms with van der Waals surface area (Å²) in [6.45, 7) is 9.44. The summed E-state index contributed by atoms with van der Waals surface area (Å²) in [4.78, 5) is 2.29. The molecule has 0 saturated carbocycles. The lowest BCUT2D eigenvalue weighted by molar-refractivity contribution is -0.777. The second-order valence-electron chi connectivity index (χ2n) is 14.8. The van der Waals surface area contributed by atoms with Crippen LogP contribution in [0.1, 0.15) is 58.1 Å². The van der Waals surface area contributed by atoms with Gasteiger partial charge in [-0.3, -0.25) is 5.04 Å². The minimum atomic E-state index is -4.43. The summed E-state index contributed by atoms with van der Waals surface area (Å²) < 4.78 is 42.0. The highest BCUT2D eigenvalue weighted by atomic mass is 35.5. The van der Waals surface area contributed by atoms with Gasteiger partial charge in [-0.2, -0.15) is 8.91 Å². The van der Waals surface area contributed by atoms with E-state index in [1.165, 1.54) is 16.3 Å². The van der Waals surface area contributed by atoms with Crippen molar-refractivity contribution >= 4 is 72.4 Å². The Hall–Kier alpha value is -3.74. The number of halogens is 1. The van der Waals surface area contributed by atoms with E-state index >= 15 is 0 Å². The molecule has 3 aliphatic rings. The molecule has 4 aromatic carbocycles. The average molecular weight is 770 g/mol. The number of hydrogen-bond acceptors (Lipinski definition) is 8. The Balaban J connectivity index is 1.26. The van der Waals surface area contributed by atoms with Crippen molar-refractivity contribution in [2.75, 3.05) is 29.5 Å². The van der Waals surface area contributed by atoms with Gasteiger partial charge >= 0.3 is 0 Å². The first kappa shape index (κ1) is 37.6. The van der Waals surface area contributed by atoms with Crippen molar-refractivity contribution in [3.05, 3.63) is 130 Å². The van der Waals surface area contributed by atoms with Crippen LogP contribution in [-0.2, 0) is 30.3 Å². The highest BCUT2D eigenvalue weighted by Crippen LogP contribution is 2.51. The second kappa shape index (κ2) is 14.8. The van der Waals surface area contributed by atoms with Gasteiger partial charge in [0.05, 0.1) is 11.2 Å². The van der Waals surface area contributed by atoms with Gasteiger partial charge in [-0.1, -0.05) is 92.2 Å². The molecule has 4 aromatic rings. The van der Waals surface area contributed by atoms with E-state index in [0.29, 0.717) is 17.3 Å². The lowest BCUT2D eigenvalue weighted by Crippen LogP contribution is -2.29. The Kier molecular flexibility index (Phi) is 10.5. The second-order valence-corrected chi connectivity index (χ2v) is 17.5. The Bertz CT molecular complexity index is 2380. The Morgan fingerprint density at radius 1 is 0.887 bits per heavy atom. The molecule has 0 radical (unpaired) electrons. The number of hydrogen-bond donors (Lipinski definition) is 0. The fourth-order valence-electron chi connectivity index (χ4n) is 8.50. The molecule has 11 heteroatoms. The number of allylic oxidation sites excluding steroid dienone is 8. The Labute approximate surface area is 320 Å². The summed E-state index contributed by atoms with van der Waals surface area (Å²) in [7, 11) is -4.43. The van der Waals surface area contributed by atoms with Gasteiger partial charge in [0.25, 0.3) is 0 Å². The van der Waals surface area contributed by atoms with Crippen molar-refractivity contribution in [1.29, 1.82) is 0 Å². The molecule has 0 atom stereocenters. The van der Waals surface area contributed by atoms with E-state index in [0.717, 1.165) is 81.6 Å². The smallest absolute Gasteiger partial charge is 0.210 e. The van der Waals surface area contributed by atoms with E-state index in [2.05, 4.69) is 115 Å². The van der Waals surface area contributed by atoms with Gasteiger partial charge in [0, 0.05) is 63.9 Å². The van der Waals surface area contributed by atoms with E-state index in [9.17, 15) is 18.2 Å². The zero-order valence-corrected chi connectivity index (χ0v) is 32.6. The molecule has 0 saturated heterocycles. The van der Waals surface area contributed by atoms with Crippen LogP contribution in [0.25, 0.3) is 21.5 Å². The van der Waals surface area contributed by atoms with Crippen LogP contribution in [0, 0.1) is 0 Å². The number of benzene rings is 4. The van der Waals surface area contributed by atoms with Crippen LogP contribution in [0.5, 0.6) is 0 Å². The normalized spacial score (nSPS) is 19.8. The Morgan fingerprint density at radius 2 is 1.57 bits per heavy atom. The molecule has 1 aliphatic carbocycles. The molecule has 0 unspecified atom stereocenters.